The van der Waals surface area contributed by atoms with Gasteiger partial charge in [-0.3, -0.25) is 14.4 Å². The average molecular weight is 634 g/mol. The Bertz CT molecular complexity index is 2030. The summed E-state index contributed by atoms with van der Waals surface area (Å²) >= 11 is 0. The molecule has 0 aliphatic heterocycles. The van der Waals surface area contributed by atoms with E-state index in [9.17, 15) is 31.9 Å². The highest BCUT2D eigenvalue weighted by molar-refractivity contribution is 5.96. The number of halogens is 4. The summed E-state index contributed by atoms with van der Waals surface area (Å²) in [4.78, 5) is 38.9. The lowest BCUT2D eigenvalue weighted by Crippen LogP contribution is -2.37. The number of nitrogens with zero attached hydrogens (tertiary/aromatic N) is 2. The minimum Gasteiger partial charge on any atom is -0.355 e. The molecule has 0 spiro atoms. The fraction of sp³-hybridized carbons (Fsp3) is 0.206. The van der Waals surface area contributed by atoms with Crippen molar-refractivity contribution in [3.63, 3.8) is 0 Å². The second kappa shape index (κ2) is 12.6. The summed E-state index contributed by atoms with van der Waals surface area (Å²) < 4.78 is 59.6. The number of hydrogen-bond donors (Lipinski definition) is 3. The number of anilines is 1. The SMILES string of the molecule is CNC(=O)c1cccc(-c2ccc(NC(=O)C(C)NC)c(=O)n2Cc2cc(-n3cc(C)c4cc(F)ccc43)cc(C(F)(F)F)c2)c1. The smallest absolute Gasteiger partial charge is 0.355 e. The molecular weight excluding hydrogens is 602 g/mol. The van der Waals surface area contributed by atoms with Crippen molar-refractivity contribution in [2.24, 2.45) is 0 Å². The molecule has 5 aromatic rings. The maximum atomic E-state index is 14.2. The van der Waals surface area contributed by atoms with Gasteiger partial charge in [0.15, 0.2) is 0 Å². The van der Waals surface area contributed by atoms with Gasteiger partial charge in [-0.05, 0) is 98.2 Å². The van der Waals surface area contributed by atoms with Gasteiger partial charge in [0, 0.05) is 29.9 Å². The molecule has 0 saturated heterocycles. The van der Waals surface area contributed by atoms with Crippen LogP contribution in [0.25, 0.3) is 27.8 Å². The summed E-state index contributed by atoms with van der Waals surface area (Å²) in [6, 6.07) is 16.4. The molecule has 2 heterocycles. The highest BCUT2D eigenvalue weighted by Crippen LogP contribution is 2.34. The number of carbonyl (C=O) groups is 2. The molecule has 5 rings (SSSR count). The number of amides is 2. The number of hydrogen-bond acceptors (Lipinski definition) is 4. The summed E-state index contributed by atoms with van der Waals surface area (Å²) in [5, 5.41) is 8.47. The summed E-state index contributed by atoms with van der Waals surface area (Å²) in [5.74, 6) is -1.31. The maximum absolute atomic E-state index is 14.2. The van der Waals surface area contributed by atoms with E-state index in [-0.39, 0.29) is 29.4 Å². The fourth-order valence-corrected chi connectivity index (χ4v) is 5.25. The van der Waals surface area contributed by atoms with Crippen LogP contribution in [0.2, 0.25) is 0 Å². The molecule has 2 aromatic heterocycles. The Kier molecular flexibility index (Phi) is 8.84. The van der Waals surface area contributed by atoms with Crippen molar-refractivity contribution in [2.75, 3.05) is 19.4 Å². The van der Waals surface area contributed by atoms with Crippen LogP contribution < -0.4 is 21.5 Å². The van der Waals surface area contributed by atoms with Crippen LogP contribution in [0.4, 0.5) is 23.2 Å². The van der Waals surface area contributed by atoms with E-state index in [1.165, 1.54) is 41.9 Å². The van der Waals surface area contributed by atoms with Gasteiger partial charge in [-0.15, -0.1) is 0 Å². The van der Waals surface area contributed by atoms with Crippen molar-refractivity contribution in [2.45, 2.75) is 32.6 Å². The van der Waals surface area contributed by atoms with Gasteiger partial charge < -0.3 is 25.1 Å². The van der Waals surface area contributed by atoms with Gasteiger partial charge in [0.2, 0.25) is 5.91 Å². The normalized spacial score (nSPS) is 12.3. The molecule has 2 amide bonds. The van der Waals surface area contributed by atoms with Crippen molar-refractivity contribution >= 4 is 28.4 Å². The second-order valence-corrected chi connectivity index (χ2v) is 10.9. The van der Waals surface area contributed by atoms with Gasteiger partial charge in [-0.1, -0.05) is 12.1 Å². The second-order valence-electron chi connectivity index (χ2n) is 10.9. The van der Waals surface area contributed by atoms with Gasteiger partial charge >= 0.3 is 6.18 Å². The molecule has 0 saturated carbocycles. The largest absolute Gasteiger partial charge is 0.416 e. The molecule has 0 aliphatic carbocycles. The minimum atomic E-state index is -4.72. The van der Waals surface area contributed by atoms with Gasteiger partial charge in [0.25, 0.3) is 11.5 Å². The Hall–Kier alpha value is -5.23. The van der Waals surface area contributed by atoms with Crippen molar-refractivity contribution in [3.05, 3.63) is 117 Å². The molecule has 8 nitrogen and oxygen atoms in total. The van der Waals surface area contributed by atoms with Crippen LogP contribution in [0, 0.1) is 12.7 Å². The van der Waals surface area contributed by atoms with Gasteiger partial charge in [-0.2, -0.15) is 13.2 Å². The number of fused-ring (bicyclic) bond motifs is 1. The third-order valence-corrected chi connectivity index (χ3v) is 7.80. The van der Waals surface area contributed by atoms with E-state index in [2.05, 4.69) is 16.0 Å². The summed E-state index contributed by atoms with van der Waals surface area (Å²) in [6.45, 7) is 3.03. The Labute approximate surface area is 261 Å². The molecule has 0 aliphatic rings. The van der Waals surface area contributed by atoms with Crippen LogP contribution in [-0.4, -0.2) is 41.1 Å². The monoisotopic (exact) mass is 633 g/mol. The molecule has 3 N–H and O–H groups in total. The first kappa shape index (κ1) is 32.2. The first-order chi connectivity index (χ1) is 21.8. The van der Waals surface area contributed by atoms with Crippen molar-refractivity contribution in [1.82, 2.24) is 19.8 Å². The lowest BCUT2D eigenvalue weighted by atomic mass is 10.0. The standard InChI is InChI=1S/C34H31F4N5O3/c1-19-17-42(30-10-8-25(35)16-27(19)30)26-13-21(12-24(15-26)34(36,37)38)18-43-29(22-6-5-7-23(14-22)32(45)40-4)11-9-28(33(43)46)41-31(44)20(2)39-3/h5-17,20,39H,18H2,1-4H3,(H,40,45)(H,41,44). The molecule has 0 radical (unpaired) electrons. The Balaban J connectivity index is 1.70. The first-order valence-electron chi connectivity index (χ1n) is 14.3. The van der Waals surface area contributed by atoms with Gasteiger partial charge in [0.1, 0.15) is 11.5 Å². The molecule has 0 fully saturated rings. The number of likely N-dealkylation sites (N-methyl/N-ethyl adjacent to an activating group) is 1. The quantitative estimate of drug-likeness (QED) is 0.186. The summed E-state index contributed by atoms with van der Waals surface area (Å²) in [6.07, 6.45) is -3.09. The highest BCUT2D eigenvalue weighted by atomic mass is 19.4. The lowest BCUT2D eigenvalue weighted by molar-refractivity contribution is -0.137. The van der Waals surface area contributed by atoms with Gasteiger partial charge in [0.05, 0.1) is 29.4 Å². The number of aryl methyl sites for hydroxylation is 1. The molecule has 1 unspecified atom stereocenters. The topological polar surface area (TPSA) is 97.2 Å². The van der Waals surface area contributed by atoms with E-state index in [1.807, 2.05) is 0 Å². The summed E-state index contributed by atoms with van der Waals surface area (Å²) in [7, 11) is 3.06. The van der Waals surface area contributed by atoms with Crippen LogP contribution in [0.15, 0.2) is 83.8 Å². The Morgan fingerprint density at radius 2 is 1.72 bits per heavy atom. The van der Waals surface area contributed by atoms with E-state index < -0.39 is 35.1 Å². The third-order valence-electron chi connectivity index (χ3n) is 7.80. The third kappa shape index (κ3) is 6.43. The fourth-order valence-electron chi connectivity index (χ4n) is 5.25. The zero-order chi connectivity index (χ0) is 33.3. The molecule has 0 bridgehead atoms. The van der Waals surface area contributed by atoms with E-state index >= 15 is 0 Å². The highest BCUT2D eigenvalue weighted by Gasteiger charge is 2.32. The zero-order valence-electron chi connectivity index (χ0n) is 25.4. The van der Waals surface area contributed by atoms with Crippen molar-refractivity contribution < 1.29 is 27.2 Å². The van der Waals surface area contributed by atoms with E-state index in [0.717, 1.165) is 12.1 Å². The van der Waals surface area contributed by atoms with E-state index in [1.54, 1.807) is 62.0 Å². The lowest BCUT2D eigenvalue weighted by Gasteiger charge is -2.19. The van der Waals surface area contributed by atoms with Crippen LogP contribution in [0.1, 0.15) is 34.0 Å². The van der Waals surface area contributed by atoms with Crippen LogP contribution in [0.5, 0.6) is 0 Å². The molecule has 238 valence electrons. The summed E-state index contributed by atoms with van der Waals surface area (Å²) in [5.41, 5.74) is 0.904. The van der Waals surface area contributed by atoms with Crippen molar-refractivity contribution in [3.8, 4) is 16.9 Å². The van der Waals surface area contributed by atoms with Crippen LogP contribution in [-0.2, 0) is 17.5 Å². The van der Waals surface area contributed by atoms with E-state index in [4.69, 9.17) is 0 Å². The average Bonchev–Trinajstić information content (AvgIpc) is 3.36. The number of benzene rings is 3. The Morgan fingerprint density at radius 1 is 0.957 bits per heavy atom. The predicted octanol–water partition coefficient (Wildman–Crippen LogP) is 5.88. The molecule has 3 aromatic carbocycles. The number of pyridine rings is 1. The molecule has 1 atom stereocenters. The number of carbonyl (C=O) groups excluding carboxylic acids is 2. The number of alkyl halides is 3. The van der Waals surface area contributed by atoms with Gasteiger partial charge in [-0.25, -0.2) is 4.39 Å². The van der Waals surface area contributed by atoms with Crippen LogP contribution in [0.3, 0.4) is 0 Å². The zero-order valence-corrected chi connectivity index (χ0v) is 25.4. The Morgan fingerprint density at radius 3 is 2.41 bits per heavy atom. The van der Waals surface area contributed by atoms with E-state index in [0.29, 0.717) is 33.3 Å². The number of nitrogens with one attached hydrogen (secondary N) is 3. The predicted molar refractivity (Wildman–Crippen MR) is 169 cm³/mol. The molecule has 12 heteroatoms. The number of aromatic nitrogens is 2. The number of rotatable bonds is 8. The van der Waals surface area contributed by atoms with Crippen molar-refractivity contribution in [1.29, 1.82) is 0 Å². The van der Waals surface area contributed by atoms with Crippen LogP contribution >= 0.6 is 0 Å². The molecular formula is C34H31F4N5O3. The first-order valence-corrected chi connectivity index (χ1v) is 14.3. The molecule has 46 heavy (non-hydrogen) atoms. The minimum absolute atomic E-state index is 0.0699. The maximum Gasteiger partial charge on any atom is 0.416 e.